The molecule has 3 aromatic rings. The van der Waals surface area contributed by atoms with Crippen LogP contribution in [0.5, 0.6) is 5.75 Å². The number of carbonyl (C=O) groups is 1. The molecule has 1 aliphatic rings. The number of nitrogens with zero attached hydrogens (tertiary/aromatic N) is 3. The topological polar surface area (TPSA) is 108 Å². The zero-order valence-electron chi connectivity index (χ0n) is 23.1. The number of nitrogens with one attached hydrogen (secondary N) is 1. The Kier molecular flexibility index (Phi) is 8.84. The van der Waals surface area contributed by atoms with Gasteiger partial charge in [-0.05, 0) is 69.6 Å². The van der Waals surface area contributed by atoms with Crippen LogP contribution in [0.2, 0.25) is 0 Å². The van der Waals surface area contributed by atoms with Crippen LogP contribution in [-0.4, -0.2) is 64.4 Å². The number of likely N-dealkylation sites (N-methyl/N-ethyl adjacent to an activating group) is 1. The van der Waals surface area contributed by atoms with E-state index in [4.69, 9.17) is 19.8 Å². The minimum absolute atomic E-state index is 0.0296. The van der Waals surface area contributed by atoms with Crippen LogP contribution in [0.25, 0.3) is 10.9 Å². The van der Waals surface area contributed by atoms with Crippen molar-refractivity contribution in [2.75, 3.05) is 32.6 Å². The number of anilines is 1. The fourth-order valence-corrected chi connectivity index (χ4v) is 5.55. The first-order chi connectivity index (χ1) is 18.2. The number of benzene rings is 2. The summed E-state index contributed by atoms with van der Waals surface area (Å²) < 4.78 is 5.81. The summed E-state index contributed by atoms with van der Waals surface area (Å²) >= 11 is 0. The molecule has 1 aliphatic carbocycles. The molecular weight excluding hydrogens is 480 g/mol. The van der Waals surface area contributed by atoms with Gasteiger partial charge in [0.2, 0.25) is 5.91 Å². The van der Waals surface area contributed by atoms with Crippen molar-refractivity contribution in [1.29, 1.82) is 0 Å². The Balaban J connectivity index is 1.57. The Bertz CT molecular complexity index is 1270. The molecule has 0 bridgehead atoms. The molecule has 0 aliphatic heterocycles. The Hall–Kier alpha value is -3.23. The maximum atomic E-state index is 12.9. The van der Waals surface area contributed by atoms with Crippen LogP contribution in [0.15, 0.2) is 36.4 Å². The molecule has 2 atom stereocenters. The van der Waals surface area contributed by atoms with Gasteiger partial charge >= 0.3 is 0 Å². The highest BCUT2D eigenvalue weighted by molar-refractivity contribution is 5.91. The predicted molar refractivity (Wildman–Crippen MR) is 149 cm³/mol. The first kappa shape index (κ1) is 27.8. The predicted octanol–water partition coefficient (Wildman–Crippen LogP) is 4.51. The number of rotatable bonds is 9. The fourth-order valence-electron chi connectivity index (χ4n) is 5.55. The lowest BCUT2D eigenvalue weighted by atomic mass is 9.77. The number of aryl methyl sites for hydroxylation is 2. The molecule has 1 fully saturated rings. The molecule has 0 spiro atoms. The van der Waals surface area contributed by atoms with E-state index < -0.39 is 6.10 Å². The lowest BCUT2D eigenvalue weighted by Gasteiger charge is -2.32. The Morgan fingerprint density at radius 2 is 1.89 bits per heavy atom. The summed E-state index contributed by atoms with van der Waals surface area (Å²) in [5.74, 6) is 2.52. The van der Waals surface area contributed by atoms with Crippen molar-refractivity contribution >= 4 is 22.6 Å². The molecule has 1 saturated carbocycles. The van der Waals surface area contributed by atoms with E-state index in [9.17, 15) is 9.90 Å². The monoisotopic (exact) mass is 520 g/mol. The number of hydrogen-bond donors (Lipinski definition) is 3. The van der Waals surface area contributed by atoms with Crippen molar-refractivity contribution in [2.24, 2.45) is 5.92 Å². The van der Waals surface area contributed by atoms with Gasteiger partial charge in [0.15, 0.2) is 0 Å². The summed E-state index contributed by atoms with van der Waals surface area (Å²) in [4.78, 5) is 23.9. The van der Waals surface area contributed by atoms with Crippen LogP contribution >= 0.6 is 0 Å². The van der Waals surface area contributed by atoms with Gasteiger partial charge < -0.3 is 25.2 Å². The van der Waals surface area contributed by atoms with Gasteiger partial charge in [-0.15, -0.1) is 0 Å². The summed E-state index contributed by atoms with van der Waals surface area (Å²) in [5.41, 5.74) is 4.37. The largest absolute Gasteiger partial charge is 0.496 e. The van der Waals surface area contributed by atoms with Crippen molar-refractivity contribution < 1.29 is 19.7 Å². The molecule has 1 amide bonds. The van der Waals surface area contributed by atoms with Gasteiger partial charge in [0.1, 0.15) is 17.4 Å². The van der Waals surface area contributed by atoms with Gasteiger partial charge in [0.05, 0.1) is 25.3 Å². The minimum atomic E-state index is -0.913. The summed E-state index contributed by atoms with van der Waals surface area (Å²) in [6, 6.07) is 12.7. The highest BCUT2D eigenvalue weighted by Gasteiger charge is 2.31. The first-order valence-electron chi connectivity index (χ1n) is 13.4. The summed E-state index contributed by atoms with van der Waals surface area (Å²) in [6.07, 6.45) is 2.35. The van der Waals surface area contributed by atoms with Crippen molar-refractivity contribution in [2.45, 2.75) is 64.5 Å². The van der Waals surface area contributed by atoms with Crippen molar-refractivity contribution in [3.05, 3.63) is 58.9 Å². The van der Waals surface area contributed by atoms with Gasteiger partial charge in [0, 0.05) is 37.0 Å². The number of aromatic nitrogens is 2. The Morgan fingerprint density at radius 1 is 1.16 bits per heavy atom. The van der Waals surface area contributed by atoms with Crippen LogP contribution in [0.3, 0.4) is 0 Å². The highest BCUT2D eigenvalue weighted by Crippen LogP contribution is 2.42. The van der Waals surface area contributed by atoms with E-state index in [0.29, 0.717) is 5.82 Å². The molecule has 1 unspecified atom stereocenters. The number of hydrogen-bond acceptors (Lipinski definition) is 7. The number of carbonyl (C=O) groups excluding carboxylic acids is 1. The van der Waals surface area contributed by atoms with E-state index in [-0.39, 0.29) is 36.9 Å². The Morgan fingerprint density at radius 3 is 2.55 bits per heavy atom. The number of amides is 1. The second kappa shape index (κ2) is 12.1. The standard InChI is InChI=1S/C30H40N4O4/c1-18-7-6-8-23(13-18)19(2)31-29-26-14-25(28(38-5)15-27(26)32-20(3)33-29)21-9-11-22(12-10-21)30(37)34(4)16-24(36)17-35/h6-8,13-15,19,21-22,24,35-36H,9-12,16-17H2,1-5H3,(H,31,32,33)/t19-,21?,22?,24?/m1/s1. The fraction of sp³-hybridized carbons (Fsp3) is 0.500. The van der Waals surface area contributed by atoms with Crippen molar-refractivity contribution in [1.82, 2.24) is 14.9 Å². The van der Waals surface area contributed by atoms with Gasteiger partial charge in [-0.2, -0.15) is 0 Å². The molecule has 1 heterocycles. The molecule has 0 saturated heterocycles. The van der Waals surface area contributed by atoms with E-state index in [2.05, 4.69) is 49.5 Å². The average molecular weight is 521 g/mol. The second-order valence-electron chi connectivity index (χ2n) is 10.6. The van der Waals surface area contributed by atoms with Crippen LogP contribution in [0.4, 0.5) is 5.82 Å². The molecule has 8 nitrogen and oxygen atoms in total. The van der Waals surface area contributed by atoms with Gasteiger partial charge in [-0.25, -0.2) is 9.97 Å². The maximum Gasteiger partial charge on any atom is 0.225 e. The zero-order chi connectivity index (χ0) is 27.4. The van der Waals surface area contributed by atoms with E-state index in [0.717, 1.165) is 53.7 Å². The van der Waals surface area contributed by atoms with Gasteiger partial charge in [-0.1, -0.05) is 29.8 Å². The normalized spacial score (nSPS) is 19.1. The maximum absolute atomic E-state index is 12.9. The summed E-state index contributed by atoms with van der Waals surface area (Å²) in [6.45, 7) is 5.92. The van der Waals surface area contributed by atoms with Gasteiger partial charge in [0.25, 0.3) is 0 Å². The second-order valence-corrected chi connectivity index (χ2v) is 10.6. The number of aliphatic hydroxyl groups excluding tert-OH is 2. The van der Waals surface area contributed by atoms with Crippen LogP contribution in [0.1, 0.15) is 67.1 Å². The molecule has 2 aromatic carbocycles. The minimum Gasteiger partial charge on any atom is -0.496 e. The molecule has 8 heteroatoms. The number of fused-ring (bicyclic) bond motifs is 1. The summed E-state index contributed by atoms with van der Waals surface area (Å²) in [7, 11) is 3.38. The molecule has 4 rings (SSSR count). The van der Waals surface area contributed by atoms with E-state index >= 15 is 0 Å². The number of aliphatic hydroxyl groups is 2. The third-order valence-electron chi connectivity index (χ3n) is 7.64. The van der Waals surface area contributed by atoms with E-state index in [1.54, 1.807) is 14.2 Å². The van der Waals surface area contributed by atoms with Gasteiger partial charge in [-0.3, -0.25) is 4.79 Å². The van der Waals surface area contributed by atoms with E-state index in [1.807, 2.05) is 13.0 Å². The summed E-state index contributed by atoms with van der Waals surface area (Å²) in [5, 5.41) is 23.4. The highest BCUT2D eigenvalue weighted by atomic mass is 16.5. The quantitative estimate of drug-likeness (QED) is 0.381. The van der Waals surface area contributed by atoms with Crippen LogP contribution in [0, 0.1) is 19.8 Å². The molecular formula is C30H40N4O4. The lowest BCUT2D eigenvalue weighted by molar-refractivity contribution is -0.136. The van der Waals surface area contributed by atoms with Crippen molar-refractivity contribution in [3.8, 4) is 5.75 Å². The molecule has 1 aromatic heterocycles. The van der Waals surface area contributed by atoms with E-state index in [1.165, 1.54) is 16.0 Å². The van der Waals surface area contributed by atoms with Crippen LogP contribution in [-0.2, 0) is 4.79 Å². The first-order valence-corrected chi connectivity index (χ1v) is 13.4. The smallest absolute Gasteiger partial charge is 0.225 e. The number of ether oxygens (including phenoxy) is 1. The third kappa shape index (κ3) is 6.25. The Labute approximate surface area is 225 Å². The van der Waals surface area contributed by atoms with Crippen molar-refractivity contribution in [3.63, 3.8) is 0 Å². The molecule has 3 N–H and O–H groups in total. The third-order valence-corrected chi connectivity index (χ3v) is 7.64. The average Bonchev–Trinajstić information content (AvgIpc) is 2.91. The van der Waals surface area contributed by atoms with Crippen LogP contribution < -0.4 is 10.1 Å². The SMILES string of the molecule is COc1cc2nc(C)nc(N[C@H](C)c3cccc(C)c3)c2cc1C1CCC(C(=O)N(C)CC(O)CO)CC1. The molecule has 204 valence electrons. The lowest BCUT2D eigenvalue weighted by Crippen LogP contribution is -2.40. The molecule has 0 radical (unpaired) electrons. The number of methoxy groups -OCH3 is 1. The zero-order valence-corrected chi connectivity index (χ0v) is 23.1. The molecule has 38 heavy (non-hydrogen) atoms.